The Balaban J connectivity index is 1.62. The van der Waals surface area contributed by atoms with Crippen LogP contribution < -0.4 is 5.32 Å². The Labute approximate surface area is 128 Å². The van der Waals surface area contributed by atoms with Crippen LogP contribution in [0.5, 0.6) is 0 Å². The first-order valence-electron chi connectivity index (χ1n) is 7.27. The highest BCUT2D eigenvalue weighted by molar-refractivity contribution is 7.91. The van der Waals surface area contributed by atoms with Crippen LogP contribution in [-0.2, 0) is 14.6 Å². The van der Waals surface area contributed by atoms with E-state index in [4.69, 9.17) is 4.74 Å². The van der Waals surface area contributed by atoms with Crippen LogP contribution in [0.4, 0.5) is 13.6 Å². The predicted molar refractivity (Wildman–Crippen MR) is 74.5 cm³/mol. The van der Waals surface area contributed by atoms with Crippen molar-refractivity contribution in [3.63, 3.8) is 0 Å². The van der Waals surface area contributed by atoms with Gasteiger partial charge in [0.25, 0.3) is 5.92 Å². The maximum absolute atomic E-state index is 13.7. The molecular formula is C13H20F2N2O4S. The Morgan fingerprint density at radius 2 is 2.05 bits per heavy atom. The van der Waals surface area contributed by atoms with Gasteiger partial charge in [0.2, 0.25) is 0 Å². The molecule has 0 aromatic heterocycles. The summed E-state index contributed by atoms with van der Waals surface area (Å²) in [4.78, 5) is 13.6. The Bertz CT molecular complexity index is 597. The van der Waals surface area contributed by atoms with Crippen LogP contribution in [-0.4, -0.2) is 69.1 Å². The number of nitrogens with zero attached hydrogens (tertiary/aromatic N) is 1. The Kier molecular flexibility index (Phi) is 3.45. The molecule has 4 unspecified atom stereocenters. The van der Waals surface area contributed by atoms with Gasteiger partial charge in [-0.15, -0.1) is 0 Å². The number of piperidine rings is 1. The number of sulfone groups is 1. The quantitative estimate of drug-likeness (QED) is 0.795. The lowest BCUT2D eigenvalue weighted by molar-refractivity contribution is 0.0636. The topological polar surface area (TPSA) is 75.7 Å². The highest BCUT2D eigenvalue weighted by Gasteiger charge is 2.78. The van der Waals surface area contributed by atoms with Crippen molar-refractivity contribution in [2.24, 2.45) is 11.3 Å². The lowest BCUT2D eigenvalue weighted by Gasteiger charge is -2.30. The van der Waals surface area contributed by atoms with E-state index >= 15 is 0 Å². The van der Waals surface area contributed by atoms with Crippen molar-refractivity contribution in [1.82, 2.24) is 10.2 Å². The van der Waals surface area contributed by atoms with Crippen molar-refractivity contribution in [2.45, 2.75) is 31.4 Å². The second-order valence-corrected chi connectivity index (χ2v) is 8.85. The van der Waals surface area contributed by atoms with E-state index in [9.17, 15) is 22.0 Å². The zero-order valence-corrected chi connectivity index (χ0v) is 13.3. The van der Waals surface area contributed by atoms with Gasteiger partial charge in [-0.25, -0.2) is 22.0 Å². The molecule has 2 amide bonds. The van der Waals surface area contributed by atoms with Crippen LogP contribution in [0.1, 0.15) is 13.3 Å². The van der Waals surface area contributed by atoms with Crippen LogP contribution in [0.2, 0.25) is 0 Å². The summed E-state index contributed by atoms with van der Waals surface area (Å²) in [5.74, 6) is -3.83. The summed E-state index contributed by atoms with van der Waals surface area (Å²) in [6, 6.07) is -1.12. The number of carbonyl (C=O) groups is 1. The second kappa shape index (κ2) is 4.77. The first kappa shape index (κ1) is 15.9. The maximum atomic E-state index is 13.7. The lowest BCUT2D eigenvalue weighted by atomic mass is 9.98. The first-order chi connectivity index (χ1) is 10.1. The number of nitrogens with one attached hydrogen (secondary N) is 1. The molecule has 1 N–H and O–H groups in total. The number of amides is 2. The number of hydrogen-bond acceptors (Lipinski definition) is 4. The van der Waals surface area contributed by atoms with Gasteiger partial charge in [-0.3, -0.25) is 0 Å². The van der Waals surface area contributed by atoms with Gasteiger partial charge in [0.1, 0.15) is 0 Å². The molecule has 6 nitrogen and oxygen atoms in total. The molecule has 22 heavy (non-hydrogen) atoms. The minimum absolute atomic E-state index is 0.00640. The second-order valence-electron chi connectivity index (χ2n) is 6.70. The third-order valence-corrected chi connectivity index (χ3v) is 7.09. The maximum Gasteiger partial charge on any atom is 0.317 e. The van der Waals surface area contributed by atoms with E-state index in [1.54, 1.807) is 6.92 Å². The third kappa shape index (κ3) is 2.29. The molecule has 1 aliphatic carbocycles. The largest absolute Gasteiger partial charge is 0.378 e. The number of carbonyl (C=O) groups excluding carboxylic acids is 1. The van der Waals surface area contributed by atoms with E-state index in [1.165, 1.54) is 12.0 Å². The van der Waals surface area contributed by atoms with E-state index in [-0.39, 0.29) is 31.0 Å². The Morgan fingerprint density at radius 1 is 1.36 bits per heavy atom. The minimum Gasteiger partial charge on any atom is -0.378 e. The average Bonchev–Trinajstić information content (AvgIpc) is 2.71. The number of rotatable bonds is 2. The van der Waals surface area contributed by atoms with E-state index in [2.05, 4.69) is 5.32 Å². The first-order valence-corrected chi connectivity index (χ1v) is 9.09. The fourth-order valence-corrected chi connectivity index (χ4v) is 5.48. The van der Waals surface area contributed by atoms with E-state index in [0.717, 1.165) is 0 Å². The fraction of sp³-hybridized carbons (Fsp3) is 0.923. The van der Waals surface area contributed by atoms with Gasteiger partial charge in [0.15, 0.2) is 9.84 Å². The highest BCUT2D eigenvalue weighted by atomic mass is 32.2. The summed E-state index contributed by atoms with van der Waals surface area (Å²) in [6.07, 6.45) is -0.333. The smallest absolute Gasteiger partial charge is 0.317 e. The van der Waals surface area contributed by atoms with Crippen molar-refractivity contribution in [3.8, 4) is 0 Å². The number of ether oxygens (including phenoxy) is 1. The molecular weight excluding hydrogens is 318 g/mol. The summed E-state index contributed by atoms with van der Waals surface area (Å²) in [5, 5.41) is 2.62. The van der Waals surface area contributed by atoms with E-state index in [0.29, 0.717) is 0 Å². The van der Waals surface area contributed by atoms with Crippen LogP contribution in [0, 0.1) is 11.3 Å². The molecule has 126 valence electrons. The predicted octanol–water partition coefficient (Wildman–Crippen LogP) is 0.485. The Morgan fingerprint density at radius 3 is 2.64 bits per heavy atom. The van der Waals surface area contributed by atoms with Crippen molar-refractivity contribution >= 4 is 15.9 Å². The van der Waals surface area contributed by atoms with Gasteiger partial charge in [0, 0.05) is 25.6 Å². The summed E-state index contributed by atoms with van der Waals surface area (Å²) in [5.41, 5.74) is -0.991. The molecule has 3 rings (SSSR count). The molecule has 0 aromatic carbocycles. The van der Waals surface area contributed by atoms with Crippen molar-refractivity contribution in [3.05, 3.63) is 0 Å². The van der Waals surface area contributed by atoms with Crippen molar-refractivity contribution < 1.29 is 26.7 Å². The van der Waals surface area contributed by atoms with E-state index in [1.807, 2.05) is 0 Å². The Hall–Kier alpha value is -0.960. The van der Waals surface area contributed by atoms with Gasteiger partial charge in [-0.1, -0.05) is 6.92 Å². The normalized spacial score (nSPS) is 41.8. The molecule has 0 aromatic rings. The average molecular weight is 338 g/mol. The third-order valence-electron chi connectivity index (χ3n) is 5.39. The van der Waals surface area contributed by atoms with Crippen LogP contribution in [0.25, 0.3) is 0 Å². The number of urea groups is 1. The molecule has 2 aliphatic heterocycles. The monoisotopic (exact) mass is 338 g/mol. The van der Waals surface area contributed by atoms with Gasteiger partial charge in [-0.2, -0.15) is 0 Å². The van der Waals surface area contributed by atoms with Gasteiger partial charge < -0.3 is 15.0 Å². The molecule has 1 saturated carbocycles. The van der Waals surface area contributed by atoms with Crippen LogP contribution in [0.15, 0.2) is 0 Å². The molecule has 0 radical (unpaired) electrons. The zero-order chi connectivity index (χ0) is 16.3. The number of likely N-dealkylation sites (tertiary alicyclic amines) is 1. The lowest BCUT2D eigenvalue weighted by Crippen LogP contribution is -2.51. The number of halogens is 2. The summed E-state index contributed by atoms with van der Waals surface area (Å²) in [6.45, 7) is 1.81. The van der Waals surface area contributed by atoms with Crippen LogP contribution in [0.3, 0.4) is 0 Å². The van der Waals surface area contributed by atoms with Gasteiger partial charge >= 0.3 is 6.03 Å². The number of alkyl halides is 2. The van der Waals surface area contributed by atoms with Crippen molar-refractivity contribution in [2.75, 3.05) is 31.7 Å². The summed E-state index contributed by atoms with van der Waals surface area (Å²) < 4.78 is 55.7. The molecule has 2 heterocycles. The molecule has 3 aliphatic rings. The molecule has 0 bridgehead atoms. The minimum atomic E-state index is -3.24. The SMILES string of the molecule is COC1CS(=O)(=O)CC1NC(=O)N1CCC2(C)C(C1)C2(F)F. The number of fused-ring (bicyclic) bond motifs is 1. The molecule has 4 atom stereocenters. The van der Waals surface area contributed by atoms with Crippen molar-refractivity contribution in [1.29, 1.82) is 0 Å². The van der Waals surface area contributed by atoms with Gasteiger partial charge in [-0.05, 0) is 6.42 Å². The standard InChI is InChI=1S/C13H20F2N2O4S/c1-12-3-4-17(5-10(12)13(12,14)15)11(18)16-8-6-22(19,20)7-9(8)21-2/h8-10H,3-7H2,1-2H3,(H,16,18). The fourth-order valence-electron chi connectivity index (χ4n) is 3.63. The van der Waals surface area contributed by atoms with Crippen LogP contribution >= 0.6 is 0 Å². The highest BCUT2D eigenvalue weighted by Crippen LogP contribution is 2.69. The summed E-state index contributed by atoms with van der Waals surface area (Å²) >= 11 is 0. The van der Waals surface area contributed by atoms with Gasteiger partial charge in [0.05, 0.1) is 29.6 Å². The van der Waals surface area contributed by atoms with E-state index < -0.39 is 45.3 Å². The number of methoxy groups -OCH3 is 1. The molecule has 9 heteroatoms. The number of hydrogen-bond donors (Lipinski definition) is 1. The molecule has 0 spiro atoms. The molecule has 3 fully saturated rings. The molecule has 2 saturated heterocycles. The summed E-state index contributed by atoms with van der Waals surface area (Å²) in [7, 11) is -1.85. The zero-order valence-electron chi connectivity index (χ0n) is 12.5.